The largest absolute Gasteiger partial charge is 0.375 e. The quantitative estimate of drug-likeness (QED) is 0.760. The summed E-state index contributed by atoms with van der Waals surface area (Å²) in [6, 6.07) is 8.16. The third-order valence-electron chi connectivity index (χ3n) is 2.94. The lowest BCUT2D eigenvalue weighted by molar-refractivity contribution is 1.26. The summed E-state index contributed by atoms with van der Waals surface area (Å²) < 4.78 is 0. The standard InChI is InChI=1S/C14H14N4S2/c1-8-5-3-4-6-10(8)17-14-18-11(7-19-14)12-9(2)16-13(15)20-12/h3-7H,1-2H3,(H2,15,16)(H,17,18). The van der Waals surface area contributed by atoms with Gasteiger partial charge in [-0.1, -0.05) is 29.5 Å². The number of hydrogen-bond acceptors (Lipinski definition) is 6. The van der Waals surface area contributed by atoms with Crippen LogP contribution in [0.25, 0.3) is 10.6 Å². The number of nitrogens with zero attached hydrogens (tertiary/aromatic N) is 2. The summed E-state index contributed by atoms with van der Waals surface area (Å²) in [6.07, 6.45) is 0. The van der Waals surface area contributed by atoms with Crippen LogP contribution in [0, 0.1) is 13.8 Å². The summed E-state index contributed by atoms with van der Waals surface area (Å²) in [7, 11) is 0. The number of anilines is 3. The van der Waals surface area contributed by atoms with Crippen molar-refractivity contribution in [2.75, 3.05) is 11.1 Å². The molecule has 0 atom stereocenters. The Balaban J connectivity index is 1.88. The van der Waals surface area contributed by atoms with Gasteiger partial charge in [-0.05, 0) is 25.5 Å². The third-order valence-corrected chi connectivity index (χ3v) is 4.70. The van der Waals surface area contributed by atoms with Crippen molar-refractivity contribution < 1.29 is 0 Å². The Morgan fingerprint density at radius 2 is 1.95 bits per heavy atom. The molecule has 1 aromatic carbocycles. The van der Waals surface area contributed by atoms with E-state index in [1.54, 1.807) is 11.3 Å². The van der Waals surface area contributed by atoms with Gasteiger partial charge in [0, 0.05) is 11.1 Å². The second-order valence-electron chi connectivity index (χ2n) is 4.44. The number of aromatic nitrogens is 2. The molecule has 0 aliphatic rings. The summed E-state index contributed by atoms with van der Waals surface area (Å²) in [5, 5.41) is 6.84. The van der Waals surface area contributed by atoms with Gasteiger partial charge in [-0.2, -0.15) is 0 Å². The molecule has 0 aliphatic heterocycles. The number of hydrogen-bond donors (Lipinski definition) is 2. The predicted molar refractivity (Wildman–Crippen MR) is 86.8 cm³/mol. The normalized spacial score (nSPS) is 10.7. The van der Waals surface area contributed by atoms with Gasteiger partial charge in [-0.25, -0.2) is 9.97 Å². The molecule has 20 heavy (non-hydrogen) atoms. The van der Waals surface area contributed by atoms with Gasteiger partial charge in [0.15, 0.2) is 10.3 Å². The van der Waals surface area contributed by atoms with Crippen LogP contribution in [0.4, 0.5) is 16.0 Å². The van der Waals surface area contributed by atoms with Crippen molar-refractivity contribution in [1.29, 1.82) is 0 Å². The zero-order chi connectivity index (χ0) is 14.1. The van der Waals surface area contributed by atoms with E-state index in [1.165, 1.54) is 16.9 Å². The maximum absolute atomic E-state index is 5.73. The first-order valence-corrected chi connectivity index (χ1v) is 7.84. The first-order valence-electron chi connectivity index (χ1n) is 6.15. The van der Waals surface area contributed by atoms with Gasteiger partial charge in [0.1, 0.15) is 0 Å². The lowest BCUT2D eigenvalue weighted by atomic mass is 10.2. The molecule has 0 fully saturated rings. The molecule has 0 bridgehead atoms. The van der Waals surface area contributed by atoms with Crippen molar-refractivity contribution in [1.82, 2.24) is 9.97 Å². The molecule has 3 rings (SSSR count). The molecule has 0 aliphatic carbocycles. The van der Waals surface area contributed by atoms with Crippen molar-refractivity contribution in [3.05, 3.63) is 40.9 Å². The van der Waals surface area contributed by atoms with Crippen LogP contribution in [0.1, 0.15) is 11.3 Å². The summed E-state index contributed by atoms with van der Waals surface area (Å²) in [4.78, 5) is 9.89. The third kappa shape index (κ3) is 2.52. The van der Waals surface area contributed by atoms with E-state index in [-0.39, 0.29) is 0 Å². The van der Waals surface area contributed by atoms with Gasteiger partial charge in [0.2, 0.25) is 0 Å². The minimum absolute atomic E-state index is 0.582. The molecule has 3 N–H and O–H groups in total. The number of nitrogens with one attached hydrogen (secondary N) is 1. The highest BCUT2D eigenvalue weighted by Gasteiger charge is 2.12. The van der Waals surface area contributed by atoms with Crippen molar-refractivity contribution in [3.8, 4) is 10.6 Å². The molecule has 6 heteroatoms. The average Bonchev–Trinajstić information content (AvgIpc) is 2.99. The van der Waals surface area contributed by atoms with E-state index in [1.807, 2.05) is 30.5 Å². The van der Waals surface area contributed by atoms with Crippen LogP contribution in [0.2, 0.25) is 0 Å². The zero-order valence-corrected chi connectivity index (χ0v) is 12.8. The van der Waals surface area contributed by atoms with E-state index in [4.69, 9.17) is 5.73 Å². The molecule has 2 heterocycles. The fourth-order valence-electron chi connectivity index (χ4n) is 1.92. The lowest BCUT2D eigenvalue weighted by Crippen LogP contribution is -1.91. The van der Waals surface area contributed by atoms with Crippen LogP contribution in [0.15, 0.2) is 29.6 Å². The molecule has 0 saturated carbocycles. The molecule has 0 saturated heterocycles. The topological polar surface area (TPSA) is 63.8 Å². The Morgan fingerprint density at radius 1 is 1.15 bits per heavy atom. The summed E-state index contributed by atoms with van der Waals surface area (Å²) >= 11 is 3.06. The number of nitrogens with two attached hydrogens (primary N) is 1. The maximum Gasteiger partial charge on any atom is 0.187 e. The number of rotatable bonds is 3. The summed E-state index contributed by atoms with van der Waals surface area (Å²) in [6.45, 7) is 4.03. The lowest BCUT2D eigenvalue weighted by Gasteiger charge is -2.05. The van der Waals surface area contributed by atoms with Gasteiger partial charge in [-0.3, -0.25) is 0 Å². The monoisotopic (exact) mass is 302 g/mol. The second kappa shape index (κ2) is 5.22. The first-order chi connectivity index (χ1) is 9.63. The first kappa shape index (κ1) is 13.1. The van der Waals surface area contributed by atoms with E-state index in [2.05, 4.69) is 28.3 Å². The van der Waals surface area contributed by atoms with Gasteiger partial charge >= 0.3 is 0 Å². The molecule has 4 nitrogen and oxygen atoms in total. The van der Waals surface area contributed by atoms with Gasteiger partial charge in [0.05, 0.1) is 16.3 Å². The number of thiazole rings is 2. The van der Waals surface area contributed by atoms with Crippen LogP contribution in [-0.4, -0.2) is 9.97 Å². The molecule has 2 aromatic heterocycles. The number of para-hydroxylation sites is 1. The Hall–Kier alpha value is -1.92. The van der Waals surface area contributed by atoms with E-state index in [0.29, 0.717) is 5.13 Å². The Bertz CT molecular complexity index is 745. The molecule has 102 valence electrons. The van der Waals surface area contributed by atoms with Crippen molar-refractivity contribution >= 4 is 38.6 Å². The van der Waals surface area contributed by atoms with Gasteiger partial charge in [0.25, 0.3) is 0 Å². The van der Waals surface area contributed by atoms with Gasteiger partial charge < -0.3 is 11.1 Å². The molecule has 0 spiro atoms. The highest BCUT2D eigenvalue weighted by atomic mass is 32.1. The number of benzene rings is 1. The fourth-order valence-corrected chi connectivity index (χ4v) is 3.50. The van der Waals surface area contributed by atoms with Gasteiger partial charge in [-0.15, -0.1) is 11.3 Å². The van der Waals surface area contributed by atoms with Crippen molar-refractivity contribution in [2.24, 2.45) is 0 Å². The molecular weight excluding hydrogens is 288 g/mol. The van der Waals surface area contributed by atoms with E-state index >= 15 is 0 Å². The SMILES string of the molecule is Cc1ccccc1Nc1nc(-c2sc(N)nc2C)cs1. The molecular formula is C14H14N4S2. The zero-order valence-electron chi connectivity index (χ0n) is 11.2. The van der Waals surface area contributed by atoms with Crippen LogP contribution < -0.4 is 11.1 Å². The van der Waals surface area contributed by atoms with Crippen molar-refractivity contribution in [3.63, 3.8) is 0 Å². The Labute approximate surface area is 125 Å². The fraction of sp³-hybridized carbons (Fsp3) is 0.143. The average molecular weight is 302 g/mol. The number of aryl methyl sites for hydroxylation is 2. The Morgan fingerprint density at radius 3 is 2.65 bits per heavy atom. The van der Waals surface area contributed by atoms with E-state index in [0.717, 1.165) is 27.1 Å². The summed E-state index contributed by atoms with van der Waals surface area (Å²) in [5.41, 5.74) is 9.87. The number of nitrogen functional groups attached to an aromatic ring is 1. The van der Waals surface area contributed by atoms with Crippen LogP contribution >= 0.6 is 22.7 Å². The minimum atomic E-state index is 0.582. The van der Waals surface area contributed by atoms with Crippen molar-refractivity contribution in [2.45, 2.75) is 13.8 Å². The predicted octanol–water partition coefficient (Wildman–Crippen LogP) is 4.21. The molecule has 3 aromatic rings. The maximum atomic E-state index is 5.73. The minimum Gasteiger partial charge on any atom is -0.375 e. The van der Waals surface area contributed by atoms with E-state index in [9.17, 15) is 0 Å². The van der Waals surface area contributed by atoms with Crippen LogP contribution in [-0.2, 0) is 0 Å². The highest BCUT2D eigenvalue weighted by molar-refractivity contribution is 7.19. The smallest absolute Gasteiger partial charge is 0.187 e. The molecule has 0 unspecified atom stereocenters. The molecule has 0 amide bonds. The molecule has 0 radical (unpaired) electrons. The highest BCUT2D eigenvalue weighted by Crippen LogP contribution is 2.34. The summed E-state index contributed by atoms with van der Waals surface area (Å²) in [5.74, 6) is 0. The van der Waals surface area contributed by atoms with Crippen LogP contribution in [0.3, 0.4) is 0 Å². The Kier molecular flexibility index (Phi) is 3.42. The van der Waals surface area contributed by atoms with Crippen LogP contribution in [0.5, 0.6) is 0 Å². The van der Waals surface area contributed by atoms with E-state index < -0.39 is 0 Å². The second-order valence-corrected chi connectivity index (χ2v) is 6.33.